The largest absolute Gasteiger partial charge is 0.434 e. The van der Waals surface area contributed by atoms with Crippen molar-refractivity contribution >= 4 is 5.91 Å². The molecule has 1 aromatic carbocycles. The van der Waals surface area contributed by atoms with Gasteiger partial charge in [-0.05, 0) is 37.1 Å². The summed E-state index contributed by atoms with van der Waals surface area (Å²) in [5.41, 5.74) is 6.67. The fourth-order valence-corrected chi connectivity index (χ4v) is 1.64. The SMILES string of the molecule is Cc1cc(C(=O)NCCN)cc(C)c1OC(F)F. The molecule has 0 atom stereocenters. The molecule has 0 aliphatic carbocycles. The Morgan fingerprint density at radius 3 is 2.39 bits per heavy atom. The number of carbonyl (C=O) groups excluding carboxylic acids is 1. The van der Waals surface area contributed by atoms with Crippen LogP contribution in [0.25, 0.3) is 0 Å². The average Bonchev–Trinajstić information content (AvgIpc) is 2.30. The highest BCUT2D eigenvalue weighted by atomic mass is 19.3. The molecule has 1 aromatic rings. The molecule has 0 heterocycles. The Morgan fingerprint density at radius 2 is 1.94 bits per heavy atom. The lowest BCUT2D eigenvalue weighted by Gasteiger charge is -2.13. The van der Waals surface area contributed by atoms with Crippen molar-refractivity contribution in [3.05, 3.63) is 28.8 Å². The van der Waals surface area contributed by atoms with Crippen LogP contribution >= 0.6 is 0 Å². The zero-order valence-corrected chi connectivity index (χ0v) is 10.3. The normalized spacial score (nSPS) is 10.6. The van der Waals surface area contributed by atoms with Crippen molar-refractivity contribution < 1.29 is 18.3 Å². The van der Waals surface area contributed by atoms with Crippen LogP contribution in [0.1, 0.15) is 21.5 Å². The second-order valence-corrected chi connectivity index (χ2v) is 3.86. The molecule has 4 nitrogen and oxygen atoms in total. The Labute approximate surface area is 104 Å². The number of aryl methyl sites for hydroxylation is 2. The van der Waals surface area contributed by atoms with Gasteiger partial charge in [0.25, 0.3) is 5.91 Å². The standard InChI is InChI=1S/C12H16F2N2O2/c1-7-5-9(11(17)16-4-3-15)6-8(2)10(7)18-12(13)14/h5-6,12H,3-4,15H2,1-2H3,(H,16,17). The van der Waals surface area contributed by atoms with Gasteiger partial charge in [0, 0.05) is 18.7 Å². The van der Waals surface area contributed by atoms with Gasteiger partial charge >= 0.3 is 6.61 Å². The van der Waals surface area contributed by atoms with Crippen LogP contribution in [0.2, 0.25) is 0 Å². The van der Waals surface area contributed by atoms with E-state index in [-0.39, 0.29) is 11.7 Å². The van der Waals surface area contributed by atoms with Gasteiger partial charge in [0.05, 0.1) is 0 Å². The molecule has 6 heteroatoms. The van der Waals surface area contributed by atoms with Gasteiger partial charge in [-0.1, -0.05) is 0 Å². The summed E-state index contributed by atoms with van der Waals surface area (Å²) in [6, 6.07) is 3.02. The quantitative estimate of drug-likeness (QED) is 0.843. The first-order valence-electron chi connectivity index (χ1n) is 5.50. The third-order valence-electron chi connectivity index (χ3n) is 2.36. The zero-order chi connectivity index (χ0) is 13.7. The van der Waals surface area contributed by atoms with E-state index in [1.807, 2.05) is 0 Å². The number of nitrogens with one attached hydrogen (secondary N) is 1. The lowest BCUT2D eigenvalue weighted by Crippen LogP contribution is -2.29. The summed E-state index contributed by atoms with van der Waals surface area (Å²) >= 11 is 0. The number of benzene rings is 1. The maximum Gasteiger partial charge on any atom is 0.387 e. The van der Waals surface area contributed by atoms with Crippen LogP contribution in [0.15, 0.2) is 12.1 Å². The molecule has 0 unspecified atom stereocenters. The van der Waals surface area contributed by atoms with Crippen molar-refractivity contribution in [2.75, 3.05) is 13.1 Å². The molecule has 0 saturated heterocycles. The van der Waals surface area contributed by atoms with Gasteiger partial charge < -0.3 is 15.8 Å². The van der Waals surface area contributed by atoms with Crippen molar-refractivity contribution in [1.82, 2.24) is 5.32 Å². The average molecular weight is 258 g/mol. The summed E-state index contributed by atoms with van der Waals surface area (Å²) in [6.45, 7) is 1.07. The van der Waals surface area contributed by atoms with Crippen LogP contribution in [0, 0.1) is 13.8 Å². The Kier molecular flexibility index (Phi) is 5.03. The molecule has 0 radical (unpaired) electrons. The van der Waals surface area contributed by atoms with E-state index in [0.717, 1.165) is 0 Å². The fraction of sp³-hybridized carbons (Fsp3) is 0.417. The second-order valence-electron chi connectivity index (χ2n) is 3.86. The molecule has 0 spiro atoms. The minimum absolute atomic E-state index is 0.111. The van der Waals surface area contributed by atoms with Gasteiger partial charge in [0.1, 0.15) is 5.75 Å². The Bertz CT molecular complexity index is 413. The number of hydrogen-bond acceptors (Lipinski definition) is 3. The van der Waals surface area contributed by atoms with Crippen LogP contribution in [0.5, 0.6) is 5.75 Å². The molecule has 0 aliphatic heterocycles. The van der Waals surface area contributed by atoms with Crippen molar-refractivity contribution in [1.29, 1.82) is 0 Å². The number of alkyl halides is 2. The smallest absolute Gasteiger partial charge is 0.387 e. The molecular formula is C12H16F2N2O2. The van der Waals surface area contributed by atoms with E-state index in [4.69, 9.17) is 5.73 Å². The predicted octanol–water partition coefficient (Wildman–Crippen LogP) is 1.59. The number of ether oxygens (including phenoxy) is 1. The Balaban J connectivity index is 2.95. The monoisotopic (exact) mass is 258 g/mol. The molecular weight excluding hydrogens is 242 g/mol. The van der Waals surface area contributed by atoms with Crippen molar-refractivity contribution in [2.24, 2.45) is 5.73 Å². The number of nitrogens with two attached hydrogens (primary N) is 1. The van der Waals surface area contributed by atoms with E-state index in [1.165, 1.54) is 12.1 Å². The van der Waals surface area contributed by atoms with Gasteiger partial charge in [0.15, 0.2) is 0 Å². The molecule has 0 aromatic heterocycles. The van der Waals surface area contributed by atoms with Gasteiger partial charge in [0.2, 0.25) is 0 Å². The molecule has 0 saturated carbocycles. The van der Waals surface area contributed by atoms with Crippen LogP contribution in [0.3, 0.4) is 0 Å². The summed E-state index contributed by atoms with van der Waals surface area (Å²) in [4.78, 5) is 11.7. The first-order valence-corrected chi connectivity index (χ1v) is 5.50. The van der Waals surface area contributed by atoms with Crippen LogP contribution in [0.4, 0.5) is 8.78 Å². The minimum atomic E-state index is -2.88. The number of hydrogen-bond donors (Lipinski definition) is 2. The number of carbonyl (C=O) groups is 1. The van der Waals surface area contributed by atoms with E-state index in [1.54, 1.807) is 13.8 Å². The topological polar surface area (TPSA) is 64.4 Å². The highest BCUT2D eigenvalue weighted by molar-refractivity contribution is 5.94. The third-order valence-corrected chi connectivity index (χ3v) is 2.36. The first kappa shape index (κ1) is 14.4. The van der Waals surface area contributed by atoms with E-state index < -0.39 is 6.61 Å². The lowest BCUT2D eigenvalue weighted by molar-refractivity contribution is -0.0507. The van der Waals surface area contributed by atoms with Crippen molar-refractivity contribution in [3.8, 4) is 5.75 Å². The summed E-state index contributed by atoms with van der Waals surface area (Å²) in [5, 5.41) is 2.61. The van der Waals surface area contributed by atoms with Crippen LogP contribution in [-0.2, 0) is 0 Å². The maximum atomic E-state index is 12.2. The molecule has 1 rings (SSSR count). The summed E-state index contributed by atoms with van der Waals surface area (Å²) in [7, 11) is 0. The summed E-state index contributed by atoms with van der Waals surface area (Å²) < 4.78 is 28.8. The van der Waals surface area contributed by atoms with Gasteiger partial charge in [-0.3, -0.25) is 4.79 Å². The van der Waals surface area contributed by atoms with Gasteiger partial charge in [-0.25, -0.2) is 0 Å². The maximum absolute atomic E-state index is 12.2. The molecule has 1 amide bonds. The molecule has 0 bridgehead atoms. The minimum Gasteiger partial charge on any atom is -0.434 e. The fourth-order valence-electron chi connectivity index (χ4n) is 1.64. The van der Waals surface area contributed by atoms with E-state index in [0.29, 0.717) is 29.8 Å². The third kappa shape index (κ3) is 3.66. The number of amides is 1. The van der Waals surface area contributed by atoms with E-state index in [2.05, 4.69) is 10.1 Å². The van der Waals surface area contributed by atoms with E-state index in [9.17, 15) is 13.6 Å². The summed E-state index contributed by atoms with van der Waals surface area (Å²) in [6.07, 6.45) is 0. The zero-order valence-electron chi connectivity index (χ0n) is 10.3. The van der Waals surface area contributed by atoms with Crippen LogP contribution in [-0.4, -0.2) is 25.6 Å². The Morgan fingerprint density at radius 1 is 1.39 bits per heavy atom. The molecule has 3 N–H and O–H groups in total. The highest BCUT2D eigenvalue weighted by Crippen LogP contribution is 2.26. The Hall–Kier alpha value is -1.69. The summed E-state index contributed by atoms with van der Waals surface area (Å²) in [5.74, 6) is -0.171. The highest BCUT2D eigenvalue weighted by Gasteiger charge is 2.14. The predicted molar refractivity (Wildman–Crippen MR) is 63.9 cm³/mol. The van der Waals surface area contributed by atoms with E-state index >= 15 is 0 Å². The molecule has 0 fully saturated rings. The molecule has 100 valence electrons. The number of halogens is 2. The van der Waals surface area contributed by atoms with Crippen molar-refractivity contribution in [2.45, 2.75) is 20.5 Å². The van der Waals surface area contributed by atoms with Crippen LogP contribution < -0.4 is 15.8 Å². The van der Waals surface area contributed by atoms with Gasteiger partial charge in [-0.2, -0.15) is 8.78 Å². The molecule has 0 aliphatic rings. The first-order chi connectivity index (χ1) is 8.45. The molecule has 18 heavy (non-hydrogen) atoms. The number of rotatable bonds is 5. The lowest BCUT2D eigenvalue weighted by atomic mass is 10.1. The second kappa shape index (κ2) is 6.30. The van der Waals surface area contributed by atoms with Gasteiger partial charge in [-0.15, -0.1) is 0 Å². The van der Waals surface area contributed by atoms with Crippen molar-refractivity contribution in [3.63, 3.8) is 0 Å².